The molecule has 0 aromatic heterocycles. The Labute approximate surface area is 380 Å². The second-order valence-electron chi connectivity index (χ2n) is 17.3. The molecule has 1 aliphatic rings. The zero-order chi connectivity index (χ0) is 46.4. The highest BCUT2D eigenvalue weighted by molar-refractivity contribution is 7.47. The lowest BCUT2D eigenvalue weighted by Gasteiger charge is -2.41. The number of ether oxygens (including phenoxy) is 2. The molecule has 0 aliphatic heterocycles. The van der Waals surface area contributed by atoms with Crippen molar-refractivity contribution in [1.82, 2.24) is 0 Å². The first-order chi connectivity index (χ1) is 30.4. The second kappa shape index (κ2) is 39.3. The first-order valence-electron chi connectivity index (χ1n) is 24.8. The van der Waals surface area contributed by atoms with Gasteiger partial charge in [0.2, 0.25) is 0 Å². The summed E-state index contributed by atoms with van der Waals surface area (Å²) in [7, 11) is -5.12. The van der Waals surface area contributed by atoms with Crippen LogP contribution in [-0.4, -0.2) is 98.3 Å². The van der Waals surface area contributed by atoms with Crippen LogP contribution in [0.2, 0.25) is 0 Å². The minimum atomic E-state index is -5.12. The lowest BCUT2D eigenvalue weighted by atomic mass is 9.85. The molecule has 0 bridgehead atoms. The van der Waals surface area contributed by atoms with Gasteiger partial charge in [0.25, 0.3) is 0 Å². The Morgan fingerprint density at radius 2 is 0.905 bits per heavy atom. The highest BCUT2D eigenvalue weighted by Gasteiger charge is 2.51. The van der Waals surface area contributed by atoms with Crippen LogP contribution in [0.4, 0.5) is 0 Å². The second-order valence-corrected chi connectivity index (χ2v) is 18.7. The van der Waals surface area contributed by atoms with Gasteiger partial charge in [0.1, 0.15) is 43.2 Å². The van der Waals surface area contributed by atoms with Gasteiger partial charge in [-0.2, -0.15) is 0 Å². The van der Waals surface area contributed by atoms with E-state index in [0.29, 0.717) is 12.8 Å². The third-order valence-corrected chi connectivity index (χ3v) is 12.5. The largest absolute Gasteiger partial charge is 0.472 e. The molecule has 0 saturated heterocycles. The lowest BCUT2D eigenvalue weighted by molar-refractivity contribution is -0.220. The van der Waals surface area contributed by atoms with Crippen LogP contribution < -0.4 is 0 Å². The first-order valence-corrected chi connectivity index (χ1v) is 26.3. The summed E-state index contributed by atoms with van der Waals surface area (Å²) >= 11 is 0. The number of phosphoric acid groups is 1. The summed E-state index contributed by atoms with van der Waals surface area (Å²) in [6.07, 6.45) is 32.0. The predicted molar refractivity (Wildman–Crippen MR) is 249 cm³/mol. The maximum atomic E-state index is 12.8. The fraction of sp³-hybridized carbons (Fsp3) is 0.837. The summed E-state index contributed by atoms with van der Waals surface area (Å²) < 4.78 is 33.6. The number of hydrogen-bond acceptors (Lipinski definition) is 12. The van der Waals surface area contributed by atoms with E-state index in [4.69, 9.17) is 18.5 Å². The summed E-state index contributed by atoms with van der Waals surface area (Å²) in [5.41, 5.74) is 0. The van der Waals surface area contributed by atoms with Gasteiger partial charge in [-0.05, 0) is 44.9 Å². The molecular formula is C49H89O13P. The van der Waals surface area contributed by atoms with Gasteiger partial charge in [-0.15, -0.1) is 0 Å². The Kier molecular flexibility index (Phi) is 36.8. The fourth-order valence-electron chi connectivity index (χ4n) is 7.54. The van der Waals surface area contributed by atoms with E-state index in [1.54, 1.807) is 0 Å². The minimum absolute atomic E-state index is 0.0787. The van der Waals surface area contributed by atoms with Crippen LogP contribution >= 0.6 is 7.82 Å². The molecule has 14 heteroatoms. The van der Waals surface area contributed by atoms with Crippen molar-refractivity contribution < 1.29 is 63.1 Å². The number of aliphatic hydroxyl groups excluding tert-OH is 5. The van der Waals surface area contributed by atoms with Gasteiger partial charge in [0.05, 0.1) is 6.61 Å². The van der Waals surface area contributed by atoms with Gasteiger partial charge in [-0.1, -0.05) is 185 Å². The number of hydrogen-bond donors (Lipinski definition) is 6. The number of esters is 2. The highest BCUT2D eigenvalue weighted by Crippen LogP contribution is 2.47. The van der Waals surface area contributed by atoms with E-state index in [1.807, 2.05) is 0 Å². The van der Waals surface area contributed by atoms with Crippen molar-refractivity contribution in [1.29, 1.82) is 0 Å². The quantitative estimate of drug-likeness (QED) is 0.0146. The molecule has 0 heterocycles. The molecule has 1 fully saturated rings. The first kappa shape index (κ1) is 59.1. The molecule has 368 valence electrons. The van der Waals surface area contributed by atoms with Crippen molar-refractivity contribution >= 4 is 19.8 Å². The SMILES string of the molecule is CC/C=C\C/C=C\C/C=C\CCCCCCCC(=O)OC(COC(=O)CCCCCCCCCCCCCCCCCCCCC)COP(=O)(O)OC1C(O)C(O)C(O)C(O)C1O. The van der Waals surface area contributed by atoms with E-state index >= 15 is 0 Å². The van der Waals surface area contributed by atoms with Crippen molar-refractivity contribution in [2.45, 2.75) is 249 Å². The monoisotopic (exact) mass is 917 g/mol. The van der Waals surface area contributed by atoms with Crippen molar-refractivity contribution in [2.24, 2.45) is 0 Å². The average Bonchev–Trinajstić information content (AvgIpc) is 3.26. The zero-order valence-corrected chi connectivity index (χ0v) is 40.0. The average molecular weight is 917 g/mol. The predicted octanol–water partition coefficient (Wildman–Crippen LogP) is 10.2. The molecule has 6 unspecified atom stereocenters. The van der Waals surface area contributed by atoms with Crippen LogP contribution in [0.3, 0.4) is 0 Å². The van der Waals surface area contributed by atoms with E-state index in [2.05, 4.69) is 50.3 Å². The molecule has 63 heavy (non-hydrogen) atoms. The van der Waals surface area contributed by atoms with Crippen LogP contribution in [0.25, 0.3) is 0 Å². The van der Waals surface area contributed by atoms with Crippen LogP contribution in [0.1, 0.15) is 206 Å². The summed E-state index contributed by atoms with van der Waals surface area (Å²) in [5.74, 6) is -1.11. The summed E-state index contributed by atoms with van der Waals surface area (Å²) in [6.45, 7) is 3.20. The highest BCUT2D eigenvalue weighted by atomic mass is 31.2. The number of phosphoric ester groups is 1. The van der Waals surface area contributed by atoms with E-state index in [9.17, 15) is 44.6 Å². The fourth-order valence-corrected chi connectivity index (χ4v) is 8.51. The lowest BCUT2D eigenvalue weighted by Crippen LogP contribution is -2.64. The Balaban J connectivity index is 2.41. The Hall–Kier alpha value is -1.93. The Morgan fingerprint density at radius 3 is 1.38 bits per heavy atom. The number of carbonyl (C=O) groups excluding carboxylic acids is 2. The van der Waals surface area contributed by atoms with Gasteiger partial charge >= 0.3 is 19.8 Å². The van der Waals surface area contributed by atoms with Gasteiger partial charge in [-0.25, -0.2) is 4.57 Å². The van der Waals surface area contributed by atoms with Gasteiger partial charge in [0.15, 0.2) is 6.10 Å². The zero-order valence-electron chi connectivity index (χ0n) is 39.1. The Bertz CT molecular complexity index is 1240. The van der Waals surface area contributed by atoms with Gasteiger partial charge in [0, 0.05) is 12.8 Å². The minimum Gasteiger partial charge on any atom is -0.462 e. The summed E-state index contributed by atoms with van der Waals surface area (Å²) in [6, 6.07) is 0. The van der Waals surface area contributed by atoms with Crippen LogP contribution in [0.15, 0.2) is 36.5 Å². The van der Waals surface area contributed by atoms with Crippen molar-refractivity contribution in [3.8, 4) is 0 Å². The van der Waals surface area contributed by atoms with E-state index < -0.39 is 75.7 Å². The molecule has 0 amide bonds. The molecule has 6 N–H and O–H groups in total. The van der Waals surface area contributed by atoms with Crippen LogP contribution in [0, 0.1) is 0 Å². The Morgan fingerprint density at radius 1 is 0.508 bits per heavy atom. The number of unbranched alkanes of at least 4 members (excludes halogenated alkanes) is 23. The topological polar surface area (TPSA) is 210 Å². The van der Waals surface area contributed by atoms with E-state index in [0.717, 1.165) is 70.6 Å². The normalized spacial score (nSPS) is 22.0. The van der Waals surface area contributed by atoms with E-state index in [-0.39, 0.29) is 12.8 Å². The maximum absolute atomic E-state index is 12.8. The molecule has 1 saturated carbocycles. The van der Waals surface area contributed by atoms with Gasteiger partial charge in [-0.3, -0.25) is 18.6 Å². The van der Waals surface area contributed by atoms with Gasteiger partial charge < -0.3 is 39.9 Å². The third-order valence-electron chi connectivity index (χ3n) is 11.5. The number of aliphatic hydroxyl groups is 5. The molecule has 0 aromatic carbocycles. The maximum Gasteiger partial charge on any atom is 0.472 e. The van der Waals surface area contributed by atoms with Crippen molar-refractivity contribution in [3.63, 3.8) is 0 Å². The molecule has 0 aromatic rings. The molecule has 1 aliphatic carbocycles. The molecular weight excluding hydrogens is 828 g/mol. The van der Waals surface area contributed by atoms with Crippen molar-refractivity contribution in [3.05, 3.63) is 36.5 Å². The van der Waals surface area contributed by atoms with Crippen LogP contribution in [0.5, 0.6) is 0 Å². The summed E-state index contributed by atoms with van der Waals surface area (Å²) in [5, 5.41) is 50.2. The number of allylic oxidation sites excluding steroid dienone is 6. The van der Waals surface area contributed by atoms with E-state index in [1.165, 1.54) is 96.3 Å². The van der Waals surface area contributed by atoms with Crippen LogP contribution in [-0.2, 0) is 32.7 Å². The standard InChI is InChI=1S/C49H89O13P/c1-3-5-7-9-11-13-15-17-19-20-21-22-24-25-27-29-31-33-35-37-42(50)59-39-41(40-60-63(57,58)62-49-47(55)45(53)44(52)46(54)48(49)56)61-43(51)38-36-34-32-30-28-26-23-18-16-14-12-10-8-6-4-2/h6,8,12,14,18,23,41,44-49,52-56H,3-5,7,9-11,13,15-17,19-22,24-40H2,1-2H3,(H,57,58)/b8-6-,14-12-,23-18-. The van der Waals surface area contributed by atoms with Crippen molar-refractivity contribution in [2.75, 3.05) is 13.2 Å². The smallest absolute Gasteiger partial charge is 0.462 e. The molecule has 1 rings (SSSR count). The number of carbonyl (C=O) groups is 2. The number of rotatable bonds is 41. The molecule has 13 nitrogen and oxygen atoms in total. The molecule has 0 spiro atoms. The third kappa shape index (κ3) is 31.6. The molecule has 0 radical (unpaired) electrons. The molecule has 6 atom stereocenters. The summed E-state index contributed by atoms with van der Waals surface area (Å²) in [4.78, 5) is 35.8.